The Balaban J connectivity index is 2.99. The zero-order valence-corrected chi connectivity index (χ0v) is 10.4. The van der Waals surface area contributed by atoms with Crippen LogP contribution in [0.25, 0.3) is 0 Å². The van der Waals surface area contributed by atoms with Gasteiger partial charge in [-0.3, -0.25) is 4.79 Å². The minimum atomic E-state index is -4.99. The second-order valence-corrected chi connectivity index (χ2v) is 4.36. The van der Waals surface area contributed by atoms with E-state index in [0.29, 0.717) is 6.92 Å². The molecule has 0 saturated carbocycles. The Morgan fingerprint density at radius 2 is 1.75 bits per heavy atom. The summed E-state index contributed by atoms with van der Waals surface area (Å²) in [5.74, 6) is -3.09. The van der Waals surface area contributed by atoms with Crippen LogP contribution in [0, 0.1) is 0 Å². The minimum absolute atomic E-state index is 0.145. The van der Waals surface area contributed by atoms with Crippen LogP contribution in [0.1, 0.15) is 18.5 Å². The molecule has 0 saturated heterocycles. The summed E-state index contributed by atoms with van der Waals surface area (Å²) in [7, 11) is 0. The van der Waals surface area contributed by atoms with Crippen molar-refractivity contribution >= 4 is 11.9 Å². The quantitative estimate of drug-likeness (QED) is 0.777. The molecule has 2 atom stereocenters. The summed E-state index contributed by atoms with van der Waals surface area (Å²) in [6, 6.07) is 5.76. The molecule has 0 heterocycles. The van der Waals surface area contributed by atoms with Crippen LogP contribution in [0.15, 0.2) is 30.3 Å². The standard InChI is InChI=1S/C12H13F3N2O3/c1-11(16,12(13,14)15)10(20)17-8(9(18)19)7-5-3-2-4-6-7/h2-6,8H,16H2,1H3,(H,17,20)(H,18,19)/t8-,11?/m0/s1. The van der Waals surface area contributed by atoms with Crippen molar-refractivity contribution in [3.8, 4) is 0 Å². The molecule has 110 valence electrons. The monoisotopic (exact) mass is 290 g/mol. The summed E-state index contributed by atoms with van der Waals surface area (Å²) >= 11 is 0. The maximum Gasteiger partial charge on any atom is 0.415 e. The maximum atomic E-state index is 12.6. The second-order valence-electron chi connectivity index (χ2n) is 4.36. The number of aliphatic carboxylic acids is 1. The molecule has 1 amide bonds. The van der Waals surface area contributed by atoms with Crippen molar-refractivity contribution < 1.29 is 27.9 Å². The second kappa shape index (κ2) is 5.49. The molecule has 1 rings (SSSR count). The van der Waals surface area contributed by atoms with E-state index in [0.717, 1.165) is 0 Å². The number of carbonyl (C=O) groups excluding carboxylic acids is 1. The molecular weight excluding hydrogens is 277 g/mol. The lowest BCUT2D eigenvalue weighted by Gasteiger charge is -2.28. The van der Waals surface area contributed by atoms with Crippen LogP contribution in [0.2, 0.25) is 0 Å². The molecular formula is C12H13F3N2O3. The van der Waals surface area contributed by atoms with Crippen LogP contribution < -0.4 is 11.1 Å². The van der Waals surface area contributed by atoms with E-state index in [1.165, 1.54) is 24.3 Å². The van der Waals surface area contributed by atoms with Gasteiger partial charge < -0.3 is 16.2 Å². The Morgan fingerprint density at radius 1 is 1.25 bits per heavy atom. The van der Waals surface area contributed by atoms with Gasteiger partial charge in [0, 0.05) is 0 Å². The molecule has 1 unspecified atom stereocenters. The molecule has 5 nitrogen and oxygen atoms in total. The van der Waals surface area contributed by atoms with E-state index in [4.69, 9.17) is 10.8 Å². The average molecular weight is 290 g/mol. The first-order valence-electron chi connectivity index (χ1n) is 5.51. The van der Waals surface area contributed by atoms with Crippen LogP contribution in [0.3, 0.4) is 0 Å². The molecule has 0 bridgehead atoms. The summed E-state index contributed by atoms with van der Waals surface area (Å²) in [6.07, 6.45) is -4.99. The van der Waals surface area contributed by atoms with Crippen LogP contribution >= 0.6 is 0 Å². The number of benzene rings is 1. The number of alkyl halides is 3. The fraction of sp³-hybridized carbons (Fsp3) is 0.333. The molecule has 1 aromatic rings. The van der Waals surface area contributed by atoms with Crippen molar-refractivity contribution in [1.29, 1.82) is 0 Å². The topological polar surface area (TPSA) is 92.4 Å². The van der Waals surface area contributed by atoms with Crippen molar-refractivity contribution in [3.63, 3.8) is 0 Å². The Morgan fingerprint density at radius 3 is 2.15 bits per heavy atom. The molecule has 0 aliphatic rings. The van der Waals surface area contributed by atoms with E-state index < -0.39 is 29.6 Å². The molecule has 0 radical (unpaired) electrons. The first-order chi connectivity index (χ1) is 9.07. The number of carboxylic acids is 1. The normalized spacial score (nSPS) is 16.1. The highest BCUT2D eigenvalue weighted by atomic mass is 19.4. The van der Waals surface area contributed by atoms with E-state index in [-0.39, 0.29) is 5.56 Å². The van der Waals surface area contributed by atoms with Gasteiger partial charge in [-0.1, -0.05) is 30.3 Å². The van der Waals surface area contributed by atoms with Gasteiger partial charge in [-0.15, -0.1) is 0 Å². The van der Waals surface area contributed by atoms with E-state index in [9.17, 15) is 22.8 Å². The highest BCUT2D eigenvalue weighted by Gasteiger charge is 2.54. The first kappa shape index (κ1) is 16.0. The van der Waals surface area contributed by atoms with E-state index in [2.05, 4.69) is 0 Å². The lowest BCUT2D eigenvalue weighted by molar-refractivity contribution is -0.188. The molecule has 0 fully saturated rings. The van der Waals surface area contributed by atoms with Crippen molar-refractivity contribution in [2.24, 2.45) is 5.73 Å². The van der Waals surface area contributed by atoms with Crippen molar-refractivity contribution in [3.05, 3.63) is 35.9 Å². The van der Waals surface area contributed by atoms with Crippen LogP contribution in [0.5, 0.6) is 0 Å². The molecule has 0 aromatic heterocycles. The number of hydrogen-bond acceptors (Lipinski definition) is 3. The van der Waals surface area contributed by atoms with Crippen LogP contribution in [-0.4, -0.2) is 28.7 Å². The fourth-order valence-corrected chi connectivity index (χ4v) is 1.34. The predicted molar refractivity (Wildman–Crippen MR) is 63.6 cm³/mol. The number of rotatable bonds is 4. The summed E-state index contributed by atoms with van der Waals surface area (Å²) in [5, 5.41) is 10.8. The highest BCUT2D eigenvalue weighted by Crippen LogP contribution is 2.28. The third-order valence-corrected chi connectivity index (χ3v) is 2.72. The summed E-state index contributed by atoms with van der Waals surface area (Å²) in [5.41, 5.74) is 1.91. The van der Waals surface area contributed by atoms with Gasteiger partial charge in [0.05, 0.1) is 0 Å². The van der Waals surface area contributed by atoms with Gasteiger partial charge >= 0.3 is 12.1 Å². The smallest absolute Gasteiger partial charge is 0.415 e. The minimum Gasteiger partial charge on any atom is -0.479 e. The van der Waals surface area contributed by atoms with Crippen molar-refractivity contribution in [2.45, 2.75) is 24.7 Å². The molecule has 20 heavy (non-hydrogen) atoms. The predicted octanol–water partition coefficient (Wildman–Crippen LogP) is 1.21. The zero-order valence-electron chi connectivity index (χ0n) is 10.4. The zero-order chi connectivity index (χ0) is 15.6. The number of carboxylic acid groups (broad SMARTS) is 1. The maximum absolute atomic E-state index is 12.6. The van der Waals surface area contributed by atoms with Crippen molar-refractivity contribution in [1.82, 2.24) is 5.32 Å². The van der Waals surface area contributed by atoms with Gasteiger partial charge in [0.15, 0.2) is 11.6 Å². The Bertz CT molecular complexity index is 500. The number of halogens is 3. The molecule has 0 aliphatic heterocycles. The van der Waals surface area contributed by atoms with Crippen LogP contribution in [0.4, 0.5) is 13.2 Å². The average Bonchev–Trinajstić information content (AvgIpc) is 2.34. The van der Waals surface area contributed by atoms with Gasteiger partial charge in [0.2, 0.25) is 5.91 Å². The van der Waals surface area contributed by atoms with Crippen molar-refractivity contribution in [2.75, 3.05) is 0 Å². The van der Waals surface area contributed by atoms with Gasteiger partial charge in [0.25, 0.3) is 0 Å². The number of carbonyl (C=O) groups is 2. The third kappa shape index (κ3) is 3.27. The van der Waals surface area contributed by atoms with E-state index in [1.54, 1.807) is 11.4 Å². The lowest BCUT2D eigenvalue weighted by atomic mass is 10.00. The Labute approximate surface area is 112 Å². The number of hydrogen-bond donors (Lipinski definition) is 3. The fourth-order valence-electron chi connectivity index (χ4n) is 1.34. The molecule has 1 aromatic carbocycles. The lowest BCUT2D eigenvalue weighted by Crippen LogP contribution is -2.62. The molecule has 8 heteroatoms. The summed E-state index contributed by atoms with van der Waals surface area (Å²) in [6.45, 7) is 0.478. The number of amides is 1. The Kier molecular flexibility index (Phi) is 4.39. The van der Waals surface area contributed by atoms with Crippen LogP contribution in [-0.2, 0) is 9.59 Å². The number of nitrogens with one attached hydrogen (secondary N) is 1. The first-order valence-corrected chi connectivity index (χ1v) is 5.51. The Hall–Kier alpha value is -2.09. The van der Waals surface area contributed by atoms with E-state index >= 15 is 0 Å². The molecule has 4 N–H and O–H groups in total. The SMILES string of the molecule is CC(N)(C(=O)N[C@H](C(=O)O)c1ccccc1)C(F)(F)F. The largest absolute Gasteiger partial charge is 0.479 e. The van der Waals surface area contributed by atoms with Gasteiger partial charge in [0.1, 0.15) is 0 Å². The summed E-state index contributed by atoms with van der Waals surface area (Å²) < 4.78 is 37.8. The molecule has 0 spiro atoms. The van der Waals surface area contributed by atoms with E-state index in [1.807, 2.05) is 0 Å². The van der Waals surface area contributed by atoms with Gasteiger partial charge in [-0.05, 0) is 12.5 Å². The number of nitrogens with two attached hydrogens (primary N) is 1. The third-order valence-electron chi connectivity index (χ3n) is 2.72. The summed E-state index contributed by atoms with van der Waals surface area (Å²) in [4.78, 5) is 22.7. The highest BCUT2D eigenvalue weighted by molar-refractivity contribution is 5.90. The van der Waals surface area contributed by atoms with Gasteiger partial charge in [-0.25, -0.2) is 4.79 Å². The van der Waals surface area contributed by atoms with Gasteiger partial charge in [-0.2, -0.15) is 13.2 Å². The molecule has 0 aliphatic carbocycles.